The van der Waals surface area contributed by atoms with Crippen LogP contribution in [0.5, 0.6) is 5.75 Å². The fraction of sp³-hybridized carbons (Fsp3) is 0.412. The minimum atomic E-state index is 0.137. The monoisotopic (exact) mass is 299 g/mol. The molecule has 2 aromatic rings. The van der Waals surface area contributed by atoms with E-state index < -0.39 is 0 Å². The van der Waals surface area contributed by atoms with Crippen LogP contribution in [0.1, 0.15) is 32.0 Å². The fourth-order valence-electron chi connectivity index (χ4n) is 2.96. The molecule has 1 amide bonds. The number of hydrogen-bond donors (Lipinski definition) is 1. The van der Waals surface area contributed by atoms with Crippen molar-refractivity contribution in [3.8, 4) is 17.0 Å². The first-order valence-electron chi connectivity index (χ1n) is 7.58. The standard InChI is InChI=1S/C17H21N3O2/c1-11(2)20-10-12(8-16(20)21)17-18-9-14(19-17)13-6-4-5-7-15(13)22-3/h4-7,9,11-12H,8,10H2,1-3H3,(H,18,19). The highest BCUT2D eigenvalue weighted by Crippen LogP contribution is 2.32. The first-order valence-corrected chi connectivity index (χ1v) is 7.58. The zero-order chi connectivity index (χ0) is 15.7. The van der Waals surface area contributed by atoms with Crippen LogP contribution in [0.25, 0.3) is 11.3 Å². The molecular formula is C17H21N3O2. The Labute approximate surface area is 130 Å². The zero-order valence-electron chi connectivity index (χ0n) is 13.2. The summed E-state index contributed by atoms with van der Waals surface area (Å²) < 4.78 is 5.39. The average Bonchev–Trinajstić information content (AvgIpc) is 3.13. The van der Waals surface area contributed by atoms with Crippen LogP contribution >= 0.6 is 0 Å². The molecule has 0 radical (unpaired) electrons. The zero-order valence-corrected chi connectivity index (χ0v) is 13.2. The fourth-order valence-corrected chi connectivity index (χ4v) is 2.96. The van der Waals surface area contributed by atoms with Crippen LogP contribution in [0, 0.1) is 0 Å². The quantitative estimate of drug-likeness (QED) is 0.944. The second kappa shape index (κ2) is 5.83. The van der Waals surface area contributed by atoms with Crippen LogP contribution in [-0.2, 0) is 4.79 Å². The molecule has 1 fully saturated rings. The van der Waals surface area contributed by atoms with Gasteiger partial charge in [-0.25, -0.2) is 4.98 Å². The lowest BCUT2D eigenvalue weighted by Crippen LogP contribution is -2.31. The van der Waals surface area contributed by atoms with E-state index in [1.165, 1.54) is 0 Å². The third-order valence-corrected chi connectivity index (χ3v) is 4.16. The lowest BCUT2D eigenvalue weighted by Gasteiger charge is -2.20. The van der Waals surface area contributed by atoms with Gasteiger partial charge in [0.25, 0.3) is 0 Å². The van der Waals surface area contributed by atoms with Gasteiger partial charge in [0.2, 0.25) is 5.91 Å². The number of imidazole rings is 1. The van der Waals surface area contributed by atoms with Crippen LogP contribution in [0.3, 0.4) is 0 Å². The molecule has 1 aromatic heterocycles. The van der Waals surface area contributed by atoms with Crippen molar-refractivity contribution < 1.29 is 9.53 Å². The van der Waals surface area contributed by atoms with E-state index in [1.807, 2.05) is 49.2 Å². The Morgan fingerprint density at radius 2 is 2.14 bits per heavy atom. The van der Waals surface area contributed by atoms with Crippen LogP contribution in [-0.4, -0.2) is 40.5 Å². The SMILES string of the molecule is COc1ccccc1-c1cnc(C2CC(=O)N(C(C)C)C2)[nH]1. The second-order valence-electron chi connectivity index (χ2n) is 5.92. The lowest BCUT2D eigenvalue weighted by atomic mass is 10.1. The Kier molecular flexibility index (Phi) is 3.88. The summed E-state index contributed by atoms with van der Waals surface area (Å²) in [6.07, 6.45) is 2.34. The summed E-state index contributed by atoms with van der Waals surface area (Å²) in [7, 11) is 1.66. The van der Waals surface area contributed by atoms with Crippen molar-refractivity contribution >= 4 is 5.91 Å². The molecule has 0 bridgehead atoms. The summed E-state index contributed by atoms with van der Waals surface area (Å²) in [5.41, 5.74) is 1.90. The third kappa shape index (κ3) is 2.58. The highest BCUT2D eigenvalue weighted by Gasteiger charge is 2.33. The molecule has 116 valence electrons. The molecule has 5 heteroatoms. The molecule has 5 nitrogen and oxygen atoms in total. The number of carbonyl (C=O) groups is 1. The van der Waals surface area contributed by atoms with Crippen molar-refractivity contribution in [1.82, 2.24) is 14.9 Å². The van der Waals surface area contributed by atoms with E-state index in [2.05, 4.69) is 9.97 Å². The molecule has 3 rings (SSSR count). The molecule has 0 spiro atoms. The lowest BCUT2D eigenvalue weighted by molar-refractivity contribution is -0.129. The average molecular weight is 299 g/mol. The first-order chi connectivity index (χ1) is 10.6. The molecular weight excluding hydrogens is 278 g/mol. The summed E-state index contributed by atoms with van der Waals surface area (Å²) in [6, 6.07) is 8.07. The highest BCUT2D eigenvalue weighted by molar-refractivity contribution is 5.80. The molecule has 0 aliphatic carbocycles. The minimum Gasteiger partial charge on any atom is -0.496 e. The maximum absolute atomic E-state index is 12.0. The number of amides is 1. The number of hydrogen-bond acceptors (Lipinski definition) is 3. The smallest absolute Gasteiger partial charge is 0.223 e. The number of methoxy groups -OCH3 is 1. The van der Waals surface area contributed by atoms with Crippen LogP contribution in [0.4, 0.5) is 0 Å². The topological polar surface area (TPSA) is 58.2 Å². The Morgan fingerprint density at radius 1 is 1.36 bits per heavy atom. The van der Waals surface area contributed by atoms with E-state index in [1.54, 1.807) is 7.11 Å². The Balaban J connectivity index is 1.84. The molecule has 22 heavy (non-hydrogen) atoms. The molecule has 1 N–H and O–H groups in total. The number of nitrogens with zero attached hydrogens (tertiary/aromatic N) is 2. The van der Waals surface area contributed by atoms with Crippen molar-refractivity contribution in [2.24, 2.45) is 0 Å². The molecule has 0 saturated carbocycles. The number of carbonyl (C=O) groups excluding carboxylic acids is 1. The number of rotatable bonds is 4. The number of aromatic nitrogens is 2. The number of nitrogens with one attached hydrogen (secondary N) is 1. The van der Waals surface area contributed by atoms with Crippen molar-refractivity contribution in [2.75, 3.05) is 13.7 Å². The number of likely N-dealkylation sites (tertiary alicyclic amines) is 1. The number of aromatic amines is 1. The van der Waals surface area contributed by atoms with Gasteiger partial charge < -0.3 is 14.6 Å². The Hall–Kier alpha value is -2.30. The van der Waals surface area contributed by atoms with E-state index in [9.17, 15) is 4.79 Å². The number of H-pyrrole nitrogens is 1. The van der Waals surface area contributed by atoms with E-state index in [0.717, 1.165) is 29.4 Å². The van der Waals surface area contributed by atoms with Gasteiger partial charge >= 0.3 is 0 Å². The molecule has 1 aromatic carbocycles. The third-order valence-electron chi connectivity index (χ3n) is 4.16. The molecule has 2 heterocycles. The van der Waals surface area contributed by atoms with E-state index in [0.29, 0.717) is 6.42 Å². The highest BCUT2D eigenvalue weighted by atomic mass is 16.5. The maximum atomic E-state index is 12.0. The number of para-hydroxylation sites is 1. The van der Waals surface area contributed by atoms with Gasteiger partial charge in [-0.05, 0) is 26.0 Å². The van der Waals surface area contributed by atoms with E-state index in [4.69, 9.17) is 4.74 Å². The largest absolute Gasteiger partial charge is 0.496 e. The summed E-state index contributed by atoms with van der Waals surface area (Å²) in [5.74, 6) is 2.02. The first kappa shape index (κ1) is 14.6. The second-order valence-corrected chi connectivity index (χ2v) is 5.92. The van der Waals surface area contributed by atoms with E-state index >= 15 is 0 Å². The van der Waals surface area contributed by atoms with Gasteiger partial charge in [0, 0.05) is 30.5 Å². The van der Waals surface area contributed by atoms with Gasteiger partial charge in [0.05, 0.1) is 19.0 Å². The van der Waals surface area contributed by atoms with Crippen molar-refractivity contribution in [2.45, 2.75) is 32.2 Å². The molecule has 1 aliphatic rings. The molecule has 1 aliphatic heterocycles. The summed E-state index contributed by atoms with van der Waals surface area (Å²) in [5, 5.41) is 0. The predicted octanol–water partition coefficient (Wildman–Crippen LogP) is 2.81. The van der Waals surface area contributed by atoms with Crippen molar-refractivity contribution in [3.05, 3.63) is 36.3 Å². The number of benzene rings is 1. The summed E-state index contributed by atoms with van der Waals surface area (Å²) in [6.45, 7) is 4.82. The van der Waals surface area contributed by atoms with E-state index in [-0.39, 0.29) is 17.9 Å². The predicted molar refractivity (Wildman–Crippen MR) is 84.8 cm³/mol. The van der Waals surface area contributed by atoms with Crippen LogP contribution < -0.4 is 4.74 Å². The van der Waals surface area contributed by atoms with Crippen molar-refractivity contribution in [3.63, 3.8) is 0 Å². The minimum absolute atomic E-state index is 0.137. The van der Waals surface area contributed by atoms with Gasteiger partial charge in [-0.1, -0.05) is 12.1 Å². The van der Waals surface area contributed by atoms with Gasteiger partial charge in [-0.3, -0.25) is 4.79 Å². The molecule has 1 unspecified atom stereocenters. The maximum Gasteiger partial charge on any atom is 0.223 e. The summed E-state index contributed by atoms with van der Waals surface area (Å²) in [4.78, 5) is 21.8. The Morgan fingerprint density at radius 3 is 2.82 bits per heavy atom. The normalized spacial score (nSPS) is 18.3. The van der Waals surface area contributed by atoms with Gasteiger partial charge in [0.15, 0.2) is 0 Å². The summed E-state index contributed by atoms with van der Waals surface area (Å²) >= 11 is 0. The molecule has 1 saturated heterocycles. The van der Waals surface area contributed by atoms with Gasteiger partial charge in [-0.2, -0.15) is 0 Å². The van der Waals surface area contributed by atoms with Crippen LogP contribution in [0.2, 0.25) is 0 Å². The number of ether oxygens (including phenoxy) is 1. The van der Waals surface area contributed by atoms with Gasteiger partial charge in [-0.15, -0.1) is 0 Å². The van der Waals surface area contributed by atoms with Gasteiger partial charge in [0.1, 0.15) is 11.6 Å². The van der Waals surface area contributed by atoms with Crippen LogP contribution in [0.15, 0.2) is 30.5 Å². The van der Waals surface area contributed by atoms with Crippen molar-refractivity contribution in [1.29, 1.82) is 0 Å². The molecule has 1 atom stereocenters. The Bertz CT molecular complexity index is 678.